The Hall–Kier alpha value is -1.35. The van der Waals surface area contributed by atoms with Gasteiger partial charge in [-0.05, 0) is 70.2 Å². The van der Waals surface area contributed by atoms with E-state index < -0.39 is 0 Å². The molecule has 0 amide bonds. The van der Waals surface area contributed by atoms with Gasteiger partial charge in [-0.3, -0.25) is 0 Å². The molecule has 0 aromatic carbocycles. The predicted octanol–water partition coefficient (Wildman–Crippen LogP) is 5.75. The zero-order valence-electron chi connectivity index (χ0n) is 17.4. The van der Waals surface area contributed by atoms with Gasteiger partial charge in [0.25, 0.3) is 0 Å². The standard InChI is InChI=1S/C24H38N2O/c1-4-5-6-9-19(2)24-18-23(25-27-24)22-12-7-10-20(11-8-13-22)21-14-16-26(3)17-15-21/h4-6,9,20-22,24H,2,7-8,10-18H2,1,3H3/b5-4-,9-6-. The van der Waals surface area contributed by atoms with Crippen LogP contribution in [-0.4, -0.2) is 36.9 Å². The quantitative estimate of drug-likeness (QED) is 0.576. The number of hydrogen-bond donors (Lipinski definition) is 0. The van der Waals surface area contributed by atoms with Gasteiger partial charge in [0.05, 0.1) is 5.71 Å². The second kappa shape index (κ2) is 10.3. The summed E-state index contributed by atoms with van der Waals surface area (Å²) in [6.45, 7) is 8.78. The molecule has 3 heteroatoms. The van der Waals surface area contributed by atoms with Crippen LogP contribution in [0.1, 0.15) is 64.7 Å². The fraction of sp³-hybridized carbons (Fsp3) is 0.708. The van der Waals surface area contributed by atoms with Crippen LogP contribution < -0.4 is 0 Å². The van der Waals surface area contributed by atoms with Crippen LogP contribution >= 0.6 is 0 Å². The lowest BCUT2D eigenvalue weighted by molar-refractivity contribution is 0.114. The van der Waals surface area contributed by atoms with E-state index in [9.17, 15) is 0 Å². The Morgan fingerprint density at radius 3 is 2.37 bits per heavy atom. The molecule has 0 spiro atoms. The fourth-order valence-electron chi connectivity index (χ4n) is 5.08. The Balaban J connectivity index is 1.45. The molecule has 2 aliphatic heterocycles. The van der Waals surface area contributed by atoms with Crippen molar-refractivity contribution in [1.82, 2.24) is 4.90 Å². The van der Waals surface area contributed by atoms with Gasteiger partial charge in [0.15, 0.2) is 6.10 Å². The predicted molar refractivity (Wildman–Crippen MR) is 115 cm³/mol. The van der Waals surface area contributed by atoms with Crippen LogP contribution in [0.25, 0.3) is 0 Å². The molecule has 1 atom stereocenters. The highest BCUT2D eigenvalue weighted by Crippen LogP contribution is 2.37. The number of likely N-dealkylation sites (tertiary alicyclic amines) is 1. The minimum absolute atomic E-state index is 0.0407. The molecule has 2 fully saturated rings. The van der Waals surface area contributed by atoms with Gasteiger partial charge in [0, 0.05) is 12.3 Å². The second-order valence-electron chi connectivity index (χ2n) is 8.80. The number of allylic oxidation sites excluding steroid dienone is 3. The Labute approximate surface area is 166 Å². The molecule has 27 heavy (non-hydrogen) atoms. The van der Waals surface area contributed by atoms with Crippen LogP contribution in [0.15, 0.2) is 41.6 Å². The zero-order chi connectivity index (χ0) is 19.1. The van der Waals surface area contributed by atoms with Crippen LogP contribution in [0.2, 0.25) is 0 Å². The van der Waals surface area contributed by atoms with Crippen LogP contribution in [0.4, 0.5) is 0 Å². The molecule has 1 unspecified atom stereocenters. The van der Waals surface area contributed by atoms with E-state index in [1.807, 2.05) is 31.2 Å². The van der Waals surface area contributed by atoms with E-state index in [0.29, 0.717) is 5.92 Å². The van der Waals surface area contributed by atoms with Gasteiger partial charge in [-0.15, -0.1) is 0 Å². The summed E-state index contributed by atoms with van der Waals surface area (Å²) in [4.78, 5) is 8.21. The maximum atomic E-state index is 5.72. The molecule has 2 heterocycles. The van der Waals surface area contributed by atoms with Crippen molar-refractivity contribution in [1.29, 1.82) is 0 Å². The van der Waals surface area contributed by atoms with Crippen molar-refractivity contribution in [2.75, 3.05) is 20.1 Å². The van der Waals surface area contributed by atoms with E-state index in [2.05, 4.69) is 23.7 Å². The average Bonchev–Trinajstić information content (AvgIpc) is 3.13. The normalized spacial score (nSPS) is 31.6. The molecule has 1 saturated carbocycles. The van der Waals surface area contributed by atoms with Crippen molar-refractivity contribution in [3.05, 3.63) is 36.5 Å². The molecule has 3 aliphatic rings. The molecule has 3 rings (SSSR count). The van der Waals surface area contributed by atoms with Crippen LogP contribution in [0.3, 0.4) is 0 Å². The Kier molecular flexibility index (Phi) is 7.75. The lowest BCUT2D eigenvalue weighted by Gasteiger charge is -2.36. The van der Waals surface area contributed by atoms with Crippen LogP contribution in [0.5, 0.6) is 0 Å². The lowest BCUT2D eigenvalue weighted by atomic mass is 9.75. The largest absolute Gasteiger partial charge is 0.387 e. The highest BCUT2D eigenvalue weighted by molar-refractivity contribution is 5.88. The van der Waals surface area contributed by atoms with Gasteiger partial charge in [0.2, 0.25) is 0 Å². The number of oxime groups is 1. The third-order valence-corrected chi connectivity index (χ3v) is 6.88. The van der Waals surface area contributed by atoms with Gasteiger partial charge in [-0.1, -0.05) is 61.7 Å². The zero-order valence-corrected chi connectivity index (χ0v) is 17.4. The van der Waals surface area contributed by atoms with E-state index in [4.69, 9.17) is 4.84 Å². The maximum absolute atomic E-state index is 5.72. The van der Waals surface area contributed by atoms with Crippen molar-refractivity contribution >= 4 is 5.71 Å². The van der Waals surface area contributed by atoms with E-state index in [-0.39, 0.29) is 6.10 Å². The summed E-state index contributed by atoms with van der Waals surface area (Å²) in [5, 5.41) is 4.48. The maximum Gasteiger partial charge on any atom is 0.157 e. The molecule has 3 nitrogen and oxygen atoms in total. The lowest BCUT2D eigenvalue weighted by Crippen LogP contribution is -2.33. The van der Waals surface area contributed by atoms with Gasteiger partial charge in [-0.25, -0.2) is 0 Å². The third kappa shape index (κ3) is 5.81. The number of hydrogen-bond acceptors (Lipinski definition) is 3. The summed E-state index contributed by atoms with van der Waals surface area (Å²) in [6.07, 6.45) is 20.1. The average molecular weight is 371 g/mol. The first-order valence-electron chi connectivity index (χ1n) is 11.1. The minimum atomic E-state index is 0.0407. The van der Waals surface area contributed by atoms with E-state index in [1.165, 1.54) is 70.2 Å². The van der Waals surface area contributed by atoms with Gasteiger partial charge >= 0.3 is 0 Å². The Bertz CT molecular complexity index is 559. The minimum Gasteiger partial charge on any atom is -0.387 e. The molecular formula is C24H38N2O. The molecule has 0 aromatic rings. The molecule has 0 bridgehead atoms. The van der Waals surface area contributed by atoms with Gasteiger partial charge in [0.1, 0.15) is 0 Å². The molecular weight excluding hydrogens is 332 g/mol. The van der Waals surface area contributed by atoms with Crippen molar-refractivity contribution < 1.29 is 4.84 Å². The van der Waals surface area contributed by atoms with Crippen molar-refractivity contribution in [2.45, 2.75) is 70.8 Å². The van der Waals surface area contributed by atoms with Crippen molar-refractivity contribution in [2.24, 2.45) is 22.9 Å². The first-order chi connectivity index (χ1) is 13.2. The summed E-state index contributed by atoms with van der Waals surface area (Å²) in [5.41, 5.74) is 2.32. The smallest absolute Gasteiger partial charge is 0.157 e. The van der Waals surface area contributed by atoms with Crippen molar-refractivity contribution in [3.63, 3.8) is 0 Å². The summed E-state index contributed by atoms with van der Waals surface area (Å²) in [7, 11) is 2.27. The number of rotatable bonds is 5. The summed E-state index contributed by atoms with van der Waals surface area (Å²) in [6, 6.07) is 0. The number of piperidine rings is 1. The van der Waals surface area contributed by atoms with E-state index in [0.717, 1.165) is 23.8 Å². The van der Waals surface area contributed by atoms with E-state index in [1.54, 1.807) is 0 Å². The van der Waals surface area contributed by atoms with Gasteiger partial charge < -0.3 is 9.74 Å². The van der Waals surface area contributed by atoms with Gasteiger partial charge in [-0.2, -0.15) is 0 Å². The Morgan fingerprint density at radius 2 is 1.70 bits per heavy atom. The monoisotopic (exact) mass is 370 g/mol. The van der Waals surface area contributed by atoms with E-state index >= 15 is 0 Å². The first kappa shape index (κ1) is 20.4. The summed E-state index contributed by atoms with van der Waals surface area (Å²) < 4.78 is 0. The molecule has 0 radical (unpaired) electrons. The molecule has 0 N–H and O–H groups in total. The molecule has 150 valence electrons. The SMILES string of the molecule is C=C(/C=C\C=C/C)C1CC(C2CCCC(C3CCN(C)CC3)CCC2)=NO1. The molecule has 1 aliphatic carbocycles. The molecule has 0 aromatic heterocycles. The second-order valence-corrected chi connectivity index (χ2v) is 8.80. The highest BCUT2D eigenvalue weighted by Gasteiger charge is 2.31. The molecule has 1 saturated heterocycles. The van der Waals surface area contributed by atoms with Crippen molar-refractivity contribution in [3.8, 4) is 0 Å². The van der Waals surface area contributed by atoms with Crippen LogP contribution in [0, 0.1) is 17.8 Å². The Morgan fingerprint density at radius 1 is 1.04 bits per heavy atom. The fourth-order valence-corrected chi connectivity index (χ4v) is 5.08. The highest BCUT2D eigenvalue weighted by atomic mass is 16.6. The topological polar surface area (TPSA) is 24.8 Å². The first-order valence-corrected chi connectivity index (χ1v) is 11.1. The van der Waals surface area contributed by atoms with Crippen LogP contribution in [-0.2, 0) is 4.84 Å². The number of nitrogens with zero attached hydrogens (tertiary/aromatic N) is 2. The third-order valence-electron chi connectivity index (χ3n) is 6.88. The summed E-state index contributed by atoms with van der Waals surface area (Å²) in [5.74, 6) is 2.56. The summed E-state index contributed by atoms with van der Waals surface area (Å²) >= 11 is 0.